The summed E-state index contributed by atoms with van der Waals surface area (Å²) in [6.07, 6.45) is 6.17. The van der Waals surface area contributed by atoms with Gasteiger partial charge in [0, 0.05) is 18.6 Å². The molecule has 0 bridgehead atoms. The molecule has 0 aromatic rings. The summed E-state index contributed by atoms with van der Waals surface area (Å²) in [5.41, 5.74) is 0.146. The lowest BCUT2D eigenvalue weighted by Gasteiger charge is -2.33. The van der Waals surface area contributed by atoms with Crippen molar-refractivity contribution in [2.75, 3.05) is 27.2 Å². The van der Waals surface area contributed by atoms with Crippen LogP contribution in [0.25, 0.3) is 0 Å². The lowest BCUT2D eigenvalue weighted by molar-refractivity contribution is 0.129. The van der Waals surface area contributed by atoms with Crippen LogP contribution in [0.3, 0.4) is 0 Å². The smallest absolute Gasteiger partial charge is 0.0667 e. The molecule has 1 aliphatic carbocycles. The number of hydrogen-bond acceptors (Lipinski definition) is 3. The number of aliphatic hydroxyl groups excluding tert-OH is 1. The van der Waals surface area contributed by atoms with E-state index in [1.54, 1.807) is 0 Å². The third kappa shape index (κ3) is 5.36. The Morgan fingerprint density at radius 1 is 1.29 bits per heavy atom. The van der Waals surface area contributed by atoms with Crippen molar-refractivity contribution in [2.45, 2.75) is 57.6 Å². The first-order valence-corrected chi connectivity index (χ1v) is 6.98. The van der Waals surface area contributed by atoms with Crippen molar-refractivity contribution in [1.82, 2.24) is 10.2 Å². The first-order valence-electron chi connectivity index (χ1n) is 6.98. The molecule has 17 heavy (non-hydrogen) atoms. The molecule has 0 aliphatic heterocycles. The predicted octanol–water partition coefficient (Wildman–Crippen LogP) is 1.86. The molecule has 0 aromatic heterocycles. The zero-order valence-electron chi connectivity index (χ0n) is 12.0. The Kier molecular flexibility index (Phi) is 5.90. The van der Waals surface area contributed by atoms with Gasteiger partial charge in [0.1, 0.15) is 0 Å². The molecule has 1 fully saturated rings. The lowest BCUT2D eigenvalue weighted by Crippen LogP contribution is -2.48. The van der Waals surface area contributed by atoms with E-state index in [1.807, 2.05) is 0 Å². The second-order valence-electron chi connectivity index (χ2n) is 6.38. The largest absolute Gasteiger partial charge is 0.392 e. The van der Waals surface area contributed by atoms with Crippen LogP contribution >= 0.6 is 0 Å². The molecule has 0 amide bonds. The molecular weight excluding hydrogens is 212 g/mol. The number of hydrogen-bond donors (Lipinski definition) is 2. The molecule has 2 N–H and O–H groups in total. The Labute approximate surface area is 107 Å². The Balaban J connectivity index is 2.13. The van der Waals surface area contributed by atoms with Gasteiger partial charge in [0.2, 0.25) is 0 Å². The zero-order valence-corrected chi connectivity index (χ0v) is 12.0. The van der Waals surface area contributed by atoms with E-state index in [9.17, 15) is 5.11 Å². The second kappa shape index (κ2) is 6.72. The summed E-state index contributed by atoms with van der Waals surface area (Å²) in [6.45, 7) is 6.07. The number of nitrogens with zero attached hydrogens (tertiary/aromatic N) is 1. The molecule has 1 aliphatic rings. The topological polar surface area (TPSA) is 35.5 Å². The van der Waals surface area contributed by atoms with Gasteiger partial charge in [-0.2, -0.15) is 0 Å². The highest BCUT2D eigenvalue weighted by molar-refractivity contribution is 4.80. The summed E-state index contributed by atoms with van der Waals surface area (Å²) >= 11 is 0. The zero-order chi connectivity index (χ0) is 12.9. The molecule has 1 unspecified atom stereocenters. The molecule has 0 saturated heterocycles. The Bertz CT molecular complexity index is 210. The van der Waals surface area contributed by atoms with Crippen LogP contribution in [0.1, 0.15) is 46.0 Å². The van der Waals surface area contributed by atoms with Crippen molar-refractivity contribution < 1.29 is 5.11 Å². The molecule has 0 heterocycles. The van der Waals surface area contributed by atoms with Crippen LogP contribution < -0.4 is 5.32 Å². The fourth-order valence-electron chi connectivity index (χ4n) is 2.42. The van der Waals surface area contributed by atoms with Crippen molar-refractivity contribution in [1.29, 1.82) is 0 Å². The molecule has 3 heteroatoms. The molecule has 3 nitrogen and oxygen atoms in total. The average molecular weight is 242 g/mol. The maximum absolute atomic E-state index is 9.97. The van der Waals surface area contributed by atoms with E-state index >= 15 is 0 Å². The highest BCUT2D eigenvalue weighted by atomic mass is 16.3. The molecule has 0 spiro atoms. The van der Waals surface area contributed by atoms with Gasteiger partial charge in [-0.25, -0.2) is 0 Å². The number of nitrogens with one attached hydrogen (secondary N) is 1. The summed E-state index contributed by atoms with van der Waals surface area (Å²) in [5, 5.41) is 13.4. The normalized spacial score (nSPS) is 20.1. The minimum absolute atomic E-state index is 0.146. The standard InChI is InChI=1S/C14H30N2O/c1-14(2,16(3)4)11-15-10-13(17)9-12-7-5-6-8-12/h12-13,15,17H,5-11H2,1-4H3. The second-order valence-corrected chi connectivity index (χ2v) is 6.38. The maximum Gasteiger partial charge on any atom is 0.0667 e. The quantitative estimate of drug-likeness (QED) is 0.715. The predicted molar refractivity (Wildman–Crippen MR) is 73.2 cm³/mol. The van der Waals surface area contributed by atoms with Gasteiger partial charge in [0.05, 0.1) is 6.10 Å². The van der Waals surface area contributed by atoms with Gasteiger partial charge < -0.3 is 15.3 Å². The van der Waals surface area contributed by atoms with Crippen molar-refractivity contribution in [2.24, 2.45) is 5.92 Å². The van der Waals surface area contributed by atoms with E-state index in [0.717, 1.165) is 25.4 Å². The van der Waals surface area contributed by atoms with Crippen molar-refractivity contribution >= 4 is 0 Å². The van der Waals surface area contributed by atoms with Gasteiger partial charge in [0.15, 0.2) is 0 Å². The van der Waals surface area contributed by atoms with Crippen LogP contribution in [0.4, 0.5) is 0 Å². The van der Waals surface area contributed by atoms with Crippen molar-refractivity contribution in [3.05, 3.63) is 0 Å². The summed E-state index contributed by atoms with van der Waals surface area (Å²) in [6, 6.07) is 0. The number of likely N-dealkylation sites (N-methyl/N-ethyl adjacent to an activating group) is 1. The molecule has 1 atom stereocenters. The fraction of sp³-hybridized carbons (Fsp3) is 1.00. The minimum atomic E-state index is -0.170. The van der Waals surface area contributed by atoms with E-state index in [-0.39, 0.29) is 11.6 Å². The first-order chi connectivity index (χ1) is 7.92. The van der Waals surface area contributed by atoms with E-state index in [1.165, 1.54) is 25.7 Å². The maximum atomic E-state index is 9.97. The summed E-state index contributed by atoms with van der Waals surface area (Å²) in [4.78, 5) is 2.21. The SMILES string of the molecule is CN(C)C(C)(C)CNCC(O)CC1CCCC1. The molecule has 102 valence electrons. The molecular formula is C14H30N2O. The lowest BCUT2D eigenvalue weighted by atomic mass is 9.99. The van der Waals surface area contributed by atoms with Crippen LogP contribution in [0.15, 0.2) is 0 Å². The minimum Gasteiger partial charge on any atom is -0.392 e. The fourth-order valence-corrected chi connectivity index (χ4v) is 2.42. The van der Waals surface area contributed by atoms with Gasteiger partial charge in [-0.05, 0) is 40.3 Å². The van der Waals surface area contributed by atoms with Crippen molar-refractivity contribution in [3.63, 3.8) is 0 Å². The summed E-state index contributed by atoms with van der Waals surface area (Å²) in [5.74, 6) is 0.772. The van der Waals surface area contributed by atoms with E-state index in [2.05, 4.69) is 38.2 Å². The monoisotopic (exact) mass is 242 g/mol. The highest BCUT2D eigenvalue weighted by Crippen LogP contribution is 2.28. The first kappa shape index (κ1) is 14.9. The van der Waals surface area contributed by atoms with Crippen LogP contribution in [-0.2, 0) is 0 Å². The summed E-state index contributed by atoms with van der Waals surface area (Å²) in [7, 11) is 4.19. The Morgan fingerprint density at radius 3 is 2.41 bits per heavy atom. The summed E-state index contributed by atoms with van der Waals surface area (Å²) < 4.78 is 0. The van der Waals surface area contributed by atoms with Crippen LogP contribution in [0.2, 0.25) is 0 Å². The Morgan fingerprint density at radius 2 is 1.88 bits per heavy atom. The molecule has 0 aromatic carbocycles. The van der Waals surface area contributed by atoms with E-state index in [4.69, 9.17) is 0 Å². The van der Waals surface area contributed by atoms with Gasteiger partial charge >= 0.3 is 0 Å². The van der Waals surface area contributed by atoms with E-state index in [0.29, 0.717) is 0 Å². The third-order valence-corrected chi connectivity index (χ3v) is 4.23. The average Bonchev–Trinajstić information content (AvgIpc) is 2.69. The highest BCUT2D eigenvalue weighted by Gasteiger charge is 2.21. The van der Waals surface area contributed by atoms with Crippen LogP contribution in [-0.4, -0.2) is 48.8 Å². The molecule has 0 radical (unpaired) electrons. The molecule has 1 saturated carbocycles. The van der Waals surface area contributed by atoms with Gasteiger partial charge in [-0.3, -0.25) is 0 Å². The Hall–Kier alpha value is -0.120. The van der Waals surface area contributed by atoms with Crippen LogP contribution in [0, 0.1) is 5.92 Å². The number of aliphatic hydroxyl groups is 1. The van der Waals surface area contributed by atoms with Gasteiger partial charge in [-0.15, -0.1) is 0 Å². The van der Waals surface area contributed by atoms with Crippen LogP contribution in [0.5, 0.6) is 0 Å². The molecule has 1 rings (SSSR count). The number of rotatable bonds is 7. The third-order valence-electron chi connectivity index (χ3n) is 4.23. The van der Waals surface area contributed by atoms with E-state index < -0.39 is 0 Å². The van der Waals surface area contributed by atoms with Gasteiger partial charge in [0.25, 0.3) is 0 Å². The van der Waals surface area contributed by atoms with Gasteiger partial charge in [-0.1, -0.05) is 25.7 Å². The van der Waals surface area contributed by atoms with Crippen molar-refractivity contribution in [3.8, 4) is 0 Å².